The van der Waals surface area contributed by atoms with Gasteiger partial charge in [0.05, 0.1) is 19.1 Å². The van der Waals surface area contributed by atoms with Crippen LogP contribution in [0, 0.1) is 31.5 Å². The molecule has 7 heteroatoms. The van der Waals surface area contributed by atoms with Crippen LogP contribution in [0.15, 0.2) is 24.3 Å². The van der Waals surface area contributed by atoms with Gasteiger partial charge in [0.25, 0.3) is 0 Å². The fourth-order valence-electron chi connectivity index (χ4n) is 3.53. The van der Waals surface area contributed by atoms with Crippen molar-refractivity contribution in [3.8, 4) is 5.75 Å². The maximum atomic E-state index is 13.0. The Labute approximate surface area is 159 Å². The number of halogens is 1. The van der Waals surface area contributed by atoms with Crippen LogP contribution in [-0.4, -0.2) is 45.3 Å². The molecule has 1 fully saturated rings. The summed E-state index contributed by atoms with van der Waals surface area (Å²) in [5.41, 5.74) is 0. The molecule has 1 aromatic heterocycles. The third-order valence-electron chi connectivity index (χ3n) is 4.96. The maximum Gasteiger partial charge on any atom is 0.227 e. The number of amides is 1. The van der Waals surface area contributed by atoms with Crippen molar-refractivity contribution in [2.75, 3.05) is 19.7 Å². The number of carbonyl (C=O) groups is 1. The van der Waals surface area contributed by atoms with Gasteiger partial charge in [-0.1, -0.05) is 6.92 Å². The molecule has 0 saturated carbocycles. The second-order valence-electron chi connectivity index (χ2n) is 7.35. The first-order chi connectivity index (χ1) is 12.9. The zero-order valence-electron chi connectivity index (χ0n) is 16.2. The molecule has 0 N–H and O–H groups in total. The molecule has 1 aromatic carbocycles. The highest BCUT2D eigenvalue weighted by Crippen LogP contribution is 2.21. The standard InChI is InChI=1S/C20H27FN4O2/c1-14(11-25-16(3)22-15(2)23-25)20(26)24-10-4-5-17(12-24)13-27-19-8-6-18(21)7-9-19/h6-9,14,17H,4-5,10-13H2,1-3H3/t14-,17+/m0/s1. The summed E-state index contributed by atoms with van der Waals surface area (Å²) in [5, 5.41) is 4.35. The molecule has 1 aliphatic rings. The molecule has 2 heterocycles. The van der Waals surface area contributed by atoms with Crippen molar-refractivity contribution in [1.29, 1.82) is 0 Å². The highest BCUT2D eigenvalue weighted by Gasteiger charge is 2.27. The van der Waals surface area contributed by atoms with Gasteiger partial charge in [-0.25, -0.2) is 14.1 Å². The first-order valence-corrected chi connectivity index (χ1v) is 9.47. The van der Waals surface area contributed by atoms with Crippen molar-refractivity contribution >= 4 is 5.91 Å². The van der Waals surface area contributed by atoms with Gasteiger partial charge in [0.2, 0.25) is 5.91 Å². The van der Waals surface area contributed by atoms with E-state index in [1.165, 1.54) is 12.1 Å². The number of ether oxygens (including phenoxy) is 1. The normalized spacial score (nSPS) is 18.4. The van der Waals surface area contributed by atoms with Crippen LogP contribution in [0.2, 0.25) is 0 Å². The Morgan fingerprint density at radius 3 is 2.74 bits per heavy atom. The van der Waals surface area contributed by atoms with E-state index >= 15 is 0 Å². The van der Waals surface area contributed by atoms with Crippen molar-refractivity contribution in [2.45, 2.75) is 40.2 Å². The zero-order chi connectivity index (χ0) is 19.4. The van der Waals surface area contributed by atoms with Crippen LogP contribution in [-0.2, 0) is 11.3 Å². The van der Waals surface area contributed by atoms with Gasteiger partial charge in [0.15, 0.2) is 0 Å². The van der Waals surface area contributed by atoms with E-state index in [1.807, 2.05) is 25.7 Å². The highest BCUT2D eigenvalue weighted by molar-refractivity contribution is 5.78. The first kappa shape index (κ1) is 19.3. The Kier molecular flexibility index (Phi) is 6.08. The largest absolute Gasteiger partial charge is 0.493 e. The smallest absolute Gasteiger partial charge is 0.227 e. The molecule has 0 bridgehead atoms. The van der Waals surface area contributed by atoms with E-state index in [0.29, 0.717) is 25.4 Å². The Balaban J connectivity index is 1.52. The molecule has 1 saturated heterocycles. The van der Waals surface area contributed by atoms with Crippen LogP contribution >= 0.6 is 0 Å². The summed E-state index contributed by atoms with van der Waals surface area (Å²) in [7, 11) is 0. The van der Waals surface area contributed by atoms with Gasteiger partial charge in [0.1, 0.15) is 23.2 Å². The van der Waals surface area contributed by atoms with Gasteiger partial charge in [-0.05, 0) is 51.0 Å². The van der Waals surface area contributed by atoms with Gasteiger partial charge in [-0.2, -0.15) is 5.10 Å². The van der Waals surface area contributed by atoms with Gasteiger partial charge >= 0.3 is 0 Å². The lowest BCUT2D eigenvalue weighted by Crippen LogP contribution is -2.44. The highest BCUT2D eigenvalue weighted by atomic mass is 19.1. The average molecular weight is 374 g/mol. The summed E-state index contributed by atoms with van der Waals surface area (Å²) >= 11 is 0. The van der Waals surface area contributed by atoms with Crippen LogP contribution in [0.25, 0.3) is 0 Å². The number of rotatable bonds is 6. The molecule has 1 aliphatic heterocycles. The third-order valence-corrected chi connectivity index (χ3v) is 4.96. The molecule has 0 unspecified atom stereocenters. The third kappa shape index (κ3) is 5.05. The summed E-state index contributed by atoms with van der Waals surface area (Å²) in [5.74, 6) is 2.22. The van der Waals surface area contributed by atoms with Crippen LogP contribution in [0.5, 0.6) is 5.75 Å². The molecule has 3 rings (SSSR count). The zero-order valence-corrected chi connectivity index (χ0v) is 16.2. The lowest BCUT2D eigenvalue weighted by Gasteiger charge is -2.34. The van der Waals surface area contributed by atoms with Crippen molar-refractivity contribution in [1.82, 2.24) is 19.7 Å². The number of nitrogens with zero attached hydrogens (tertiary/aromatic N) is 4. The summed E-state index contributed by atoms with van der Waals surface area (Å²) in [6, 6.07) is 6.04. The number of benzene rings is 1. The van der Waals surface area contributed by atoms with E-state index in [4.69, 9.17) is 4.74 Å². The predicted octanol–water partition coefficient (Wildman–Crippen LogP) is 2.99. The Hall–Kier alpha value is -2.44. The van der Waals surface area contributed by atoms with Gasteiger partial charge in [-0.3, -0.25) is 4.79 Å². The van der Waals surface area contributed by atoms with Gasteiger partial charge < -0.3 is 9.64 Å². The number of aromatic nitrogens is 3. The lowest BCUT2D eigenvalue weighted by atomic mass is 9.97. The molecule has 2 atom stereocenters. The minimum absolute atomic E-state index is 0.147. The van der Waals surface area contributed by atoms with E-state index in [1.54, 1.807) is 16.8 Å². The second kappa shape index (κ2) is 8.50. The number of hydrogen-bond acceptors (Lipinski definition) is 4. The second-order valence-corrected chi connectivity index (χ2v) is 7.35. The average Bonchev–Trinajstić information content (AvgIpc) is 2.97. The van der Waals surface area contributed by atoms with E-state index in [9.17, 15) is 9.18 Å². The molecular formula is C20H27FN4O2. The Morgan fingerprint density at radius 1 is 1.33 bits per heavy atom. The molecule has 0 radical (unpaired) electrons. The number of piperidine rings is 1. The van der Waals surface area contributed by atoms with Crippen LogP contribution < -0.4 is 4.74 Å². The molecule has 0 spiro atoms. The minimum atomic E-state index is -0.274. The lowest BCUT2D eigenvalue weighted by molar-refractivity contribution is -0.137. The van der Waals surface area contributed by atoms with E-state index in [2.05, 4.69) is 10.1 Å². The number of aryl methyl sites for hydroxylation is 2. The number of carbonyl (C=O) groups excluding carboxylic acids is 1. The number of hydrogen-bond donors (Lipinski definition) is 0. The molecule has 6 nitrogen and oxygen atoms in total. The van der Waals surface area contributed by atoms with E-state index in [0.717, 1.165) is 31.0 Å². The van der Waals surface area contributed by atoms with Crippen molar-refractivity contribution in [3.63, 3.8) is 0 Å². The molecule has 27 heavy (non-hydrogen) atoms. The van der Waals surface area contributed by atoms with Crippen molar-refractivity contribution in [3.05, 3.63) is 41.7 Å². The van der Waals surface area contributed by atoms with E-state index < -0.39 is 0 Å². The van der Waals surface area contributed by atoms with Crippen molar-refractivity contribution < 1.29 is 13.9 Å². The molecule has 146 valence electrons. The van der Waals surface area contributed by atoms with Crippen LogP contribution in [0.4, 0.5) is 4.39 Å². The number of likely N-dealkylation sites (tertiary alicyclic amines) is 1. The topological polar surface area (TPSA) is 60.2 Å². The SMILES string of the molecule is Cc1nc(C)n(C[C@H](C)C(=O)N2CCC[C@@H](COc3ccc(F)cc3)C2)n1. The summed E-state index contributed by atoms with van der Waals surface area (Å²) in [6.07, 6.45) is 2.00. The van der Waals surface area contributed by atoms with Crippen molar-refractivity contribution in [2.24, 2.45) is 11.8 Å². The summed E-state index contributed by atoms with van der Waals surface area (Å²) in [6.45, 7) is 8.25. The first-order valence-electron chi connectivity index (χ1n) is 9.47. The van der Waals surface area contributed by atoms with Gasteiger partial charge in [-0.15, -0.1) is 0 Å². The molecular weight excluding hydrogens is 347 g/mol. The monoisotopic (exact) mass is 374 g/mol. The fraction of sp³-hybridized carbons (Fsp3) is 0.550. The predicted molar refractivity (Wildman–Crippen MR) is 99.9 cm³/mol. The molecule has 0 aliphatic carbocycles. The van der Waals surface area contributed by atoms with Crippen LogP contribution in [0.1, 0.15) is 31.4 Å². The molecule has 2 aromatic rings. The summed E-state index contributed by atoms with van der Waals surface area (Å²) < 4.78 is 20.5. The van der Waals surface area contributed by atoms with E-state index in [-0.39, 0.29) is 23.6 Å². The van der Waals surface area contributed by atoms with Gasteiger partial charge in [0, 0.05) is 19.0 Å². The quantitative estimate of drug-likeness (QED) is 0.780. The molecule has 1 amide bonds. The van der Waals surface area contributed by atoms with Crippen LogP contribution in [0.3, 0.4) is 0 Å². The minimum Gasteiger partial charge on any atom is -0.493 e. The Bertz CT molecular complexity index is 775. The maximum absolute atomic E-state index is 13.0. The summed E-state index contributed by atoms with van der Waals surface area (Å²) in [4.78, 5) is 19.1. The fourth-order valence-corrected chi connectivity index (χ4v) is 3.53. The Morgan fingerprint density at radius 2 is 2.07 bits per heavy atom.